The quantitative estimate of drug-likeness (QED) is 0.429. The molecule has 0 radical (unpaired) electrons. The largest absolute Gasteiger partial charge is 0.491 e. The molecule has 0 saturated carbocycles. The van der Waals surface area contributed by atoms with Crippen LogP contribution in [0.4, 0.5) is 10.5 Å². The number of ether oxygens (including phenoxy) is 1. The summed E-state index contributed by atoms with van der Waals surface area (Å²) in [6.45, 7) is 0.490. The summed E-state index contributed by atoms with van der Waals surface area (Å²) in [5, 5.41) is 11.8. The Morgan fingerprint density at radius 3 is 2.61 bits per heavy atom. The summed E-state index contributed by atoms with van der Waals surface area (Å²) in [5.74, 6) is -0.134. The highest BCUT2D eigenvalue weighted by Crippen LogP contribution is 2.32. The van der Waals surface area contributed by atoms with Gasteiger partial charge in [-0.1, -0.05) is 36.4 Å². The second kappa shape index (κ2) is 9.96. The number of hydrogen-bond donors (Lipinski definition) is 3. The highest BCUT2D eigenvalue weighted by Gasteiger charge is 2.30. The van der Waals surface area contributed by atoms with Gasteiger partial charge in [-0.05, 0) is 29.8 Å². The molecule has 1 aliphatic heterocycles. The molecule has 0 bridgehead atoms. The smallest absolute Gasteiger partial charge is 0.322 e. The van der Waals surface area contributed by atoms with Crippen LogP contribution in [0, 0.1) is 0 Å². The highest BCUT2D eigenvalue weighted by atomic mass is 32.1. The van der Waals surface area contributed by atoms with E-state index in [1.807, 2.05) is 30.3 Å². The minimum absolute atomic E-state index is 0. The van der Waals surface area contributed by atoms with Crippen LogP contribution in [-0.4, -0.2) is 33.6 Å². The maximum absolute atomic E-state index is 13.2. The summed E-state index contributed by atoms with van der Waals surface area (Å²) in [4.78, 5) is 30.6. The Bertz CT molecular complexity index is 1050. The first-order valence-corrected chi connectivity index (χ1v) is 9.38. The van der Waals surface area contributed by atoms with Crippen LogP contribution in [0.3, 0.4) is 0 Å². The number of anilines is 1. The van der Waals surface area contributed by atoms with E-state index in [-0.39, 0.29) is 44.3 Å². The van der Waals surface area contributed by atoms with Crippen molar-refractivity contribution in [2.24, 2.45) is 0 Å². The molecule has 0 aliphatic carbocycles. The number of benzene rings is 2. The molecule has 160 valence electrons. The van der Waals surface area contributed by atoms with Gasteiger partial charge in [0.05, 0.1) is 24.5 Å². The van der Waals surface area contributed by atoms with Crippen molar-refractivity contribution in [3.8, 4) is 5.75 Å². The van der Waals surface area contributed by atoms with Crippen LogP contribution in [0.15, 0.2) is 73.1 Å². The van der Waals surface area contributed by atoms with Gasteiger partial charge < -0.3 is 15.0 Å². The van der Waals surface area contributed by atoms with Crippen molar-refractivity contribution in [3.63, 3.8) is 0 Å². The lowest BCUT2D eigenvalue weighted by molar-refractivity contribution is 0.0706. The van der Waals surface area contributed by atoms with Crippen molar-refractivity contribution in [1.82, 2.24) is 15.4 Å². The molecular weight excluding hydrogens is 416 g/mol. The van der Waals surface area contributed by atoms with Gasteiger partial charge >= 0.3 is 6.03 Å². The van der Waals surface area contributed by atoms with Gasteiger partial charge in [0.1, 0.15) is 12.4 Å². The van der Waals surface area contributed by atoms with E-state index in [9.17, 15) is 9.59 Å². The molecule has 0 spiro atoms. The van der Waals surface area contributed by atoms with Crippen LogP contribution in [0.5, 0.6) is 5.75 Å². The number of hydroxylamine groups is 1. The number of amides is 3. The lowest BCUT2D eigenvalue weighted by Gasteiger charge is -2.29. The molecule has 4 rings (SSSR count). The molecule has 3 amide bonds. The number of nitrogens with one attached hydrogen (secondary N) is 2. The van der Waals surface area contributed by atoms with E-state index in [4.69, 9.17) is 9.94 Å². The predicted octanol–water partition coefficient (Wildman–Crippen LogP) is 3.48. The molecule has 8 nitrogen and oxygen atoms in total. The summed E-state index contributed by atoms with van der Waals surface area (Å²) >= 11 is 0. The zero-order valence-corrected chi connectivity index (χ0v) is 17.5. The summed E-state index contributed by atoms with van der Waals surface area (Å²) < 4.78 is 5.99. The number of urea groups is 1. The zero-order valence-electron chi connectivity index (χ0n) is 16.5. The Kier molecular flexibility index (Phi) is 7.11. The second-order valence-corrected chi connectivity index (χ2v) is 6.80. The molecule has 3 aromatic rings. The topological polar surface area (TPSA) is 104 Å². The first kappa shape index (κ1) is 22.1. The van der Waals surface area contributed by atoms with E-state index in [0.717, 1.165) is 11.1 Å². The number of carbonyl (C=O) groups excluding carboxylic acids is 2. The van der Waals surface area contributed by atoms with Crippen LogP contribution < -0.4 is 15.5 Å². The average Bonchev–Trinajstić information content (AvgIpc) is 2.99. The molecule has 2 aromatic carbocycles. The van der Waals surface area contributed by atoms with Crippen molar-refractivity contribution in [2.75, 3.05) is 11.9 Å². The Hall–Kier alpha value is -3.56. The Balaban J connectivity index is 0.00000272. The van der Waals surface area contributed by atoms with Crippen LogP contribution in [0.2, 0.25) is 0 Å². The molecule has 0 unspecified atom stereocenters. The molecule has 3 N–H and O–H groups in total. The van der Waals surface area contributed by atoms with Gasteiger partial charge in [0.25, 0.3) is 5.91 Å². The van der Waals surface area contributed by atoms with E-state index in [2.05, 4.69) is 10.3 Å². The van der Waals surface area contributed by atoms with Gasteiger partial charge in [0.15, 0.2) is 0 Å². The predicted molar refractivity (Wildman–Crippen MR) is 120 cm³/mol. The van der Waals surface area contributed by atoms with Crippen molar-refractivity contribution < 1.29 is 19.5 Å². The molecule has 9 heteroatoms. The minimum atomic E-state index is -0.628. The van der Waals surface area contributed by atoms with Crippen molar-refractivity contribution in [2.45, 2.75) is 12.6 Å². The normalized spacial score (nSPS) is 14.9. The lowest BCUT2D eigenvalue weighted by atomic mass is 10.1. The van der Waals surface area contributed by atoms with Gasteiger partial charge in [-0.25, -0.2) is 10.3 Å². The van der Waals surface area contributed by atoms with Crippen LogP contribution in [0.1, 0.15) is 27.5 Å². The van der Waals surface area contributed by atoms with Gasteiger partial charge in [0.2, 0.25) is 0 Å². The first-order chi connectivity index (χ1) is 14.7. The molecular formula is C22H22N4O4S. The third kappa shape index (κ3) is 4.96. The fourth-order valence-corrected chi connectivity index (χ4v) is 3.37. The lowest BCUT2D eigenvalue weighted by Crippen LogP contribution is -2.38. The summed E-state index contributed by atoms with van der Waals surface area (Å²) in [6.07, 6.45) is 3.22. The minimum Gasteiger partial charge on any atom is -0.491 e. The Labute approximate surface area is 186 Å². The van der Waals surface area contributed by atoms with Crippen molar-refractivity contribution >= 4 is 31.1 Å². The molecule has 1 atom stereocenters. The fourth-order valence-electron chi connectivity index (χ4n) is 3.37. The van der Waals surface area contributed by atoms with Crippen LogP contribution >= 0.6 is 13.5 Å². The number of hydrogen-bond acceptors (Lipinski definition) is 5. The van der Waals surface area contributed by atoms with Crippen molar-refractivity contribution in [3.05, 3.63) is 89.7 Å². The number of carbonyl (C=O) groups is 2. The van der Waals surface area contributed by atoms with E-state index < -0.39 is 5.91 Å². The fraction of sp³-hybridized carbons (Fsp3) is 0.136. The van der Waals surface area contributed by atoms with Gasteiger partial charge in [0, 0.05) is 17.3 Å². The average molecular weight is 439 g/mol. The maximum atomic E-state index is 13.2. The molecule has 2 heterocycles. The highest BCUT2D eigenvalue weighted by molar-refractivity contribution is 7.59. The van der Waals surface area contributed by atoms with Gasteiger partial charge in [-0.15, -0.1) is 0 Å². The molecule has 1 aromatic heterocycles. The second-order valence-electron chi connectivity index (χ2n) is 6.80. The number of aromatic nitrogens is 1. The monoisotopic (exact) mass is 438 g/mol. The SMILES string of the molecule is O=C(NO)c1ccc2c(c1)OC[C@H](c1ccccc1)N(C(=O)Nc1cccnc1)C2.S. The number of nitrogens with zero attached hydrogens (tertiary/aromatic N) is 2. The molecule has 1 aliphatic rings. The summed E-state index contributed by atoms with van der Waals surface area (Å²) in [7, 11) is 0. The van der Waals surface area contributed by atoms with E-state index >= 15 is 0 Å². The van der Waals surface area contributed by atoms with Crippen molar-refractivity contribution in [1.29, 1.82) is 0 Å². The third-order valence-corrected chi connectivity index (χ3v) is 4.90. The van der Waals surface area contributed by atoms with E-state index in [1.54, 1.807) is 53.1 Å². The number of rotatable bonds is 3. The Morgan fingerprint density at radius 1 is 1.10 bits per heavy atom. The number of pyridine rings is 1. The maximum Gasteiger partial charge on any atom is 0.322 e. The Morgan fingerprint density at radius 2 is 1.90 bits per heavy atom. The van der Waals surface area contributed by atoms with E-state index in [0.29, 0.717) is 11.4 Å². The molecule has 31 heavy (non-hydrogen) atoms. The standard InChI is InChI=1S/C22H20N4O4.H2S/c27-21(25-29)16-8-9-17-13-26(22(28)24-18-7-4-10-23-12-18)19(14-30-20(17)11-16)15-5-2-1-3-6-15;/h1-12,19,29H,13-14H2,(H,24,28)(H,25,27);1H2/t19-;/m1./s1. The number of fused-ring (bicyclic) bond motifs is 1. The van der Waals surface area contributed by atoms with Gasteiger partial charge in [-0.3, -0.25) is 15.0 Å². The van der Waals surface area contributed by atoms with E-state index in [1.165, 1.54) is 0 Å². The zero-order chi connectivity index (χ0) is 20.9. The summed E-state index contributed by atoms with van der Waals surface area (Å²) in [5.41, 5.74) is 4.16. The summed E-state index contributed by atoms with van der Waals surface area (Å²) in [6, 6.07) is 17.4. The first-order valence-electron chi connectivity index (χ1n) is 9.38. The molecule has 0 saturated heterocycles. The van der Waals surface area contributed by atoms with Gasteiger partial charge in [-0.2, -0.15) is 13.5 Å². The third-order valence-electron chi connectivity index (χ3n) is 4.90. The van der Waals surface area contributed by atoms with Crippen LogP contribution in [0.25, 0.3) is 0 Å². The van der Waals surface area contributed by atoms with Crippen LogP contribution in [-0.2, 0) is 6.54 Å². The molecule has 0 fully saturated rings.